The third-order valence-corrected chi connectivity index (χ3v) is 3.20. The number of halogens is 1. The van der Waals surface area contributed by atoms with Gasteiger partial charge in [-0.3, -0.25) is 4.79 Å². The van der Waals surface area contributed by atoms with Crippen molar-refractivity contribution in [2.24, 2.45) is 11.7 Å². The average molecular weight is 267 g/mol. The quantitative estimate of drug-likeness (QED) is 0.656. The van der Waals surface area contributed by atoms with Gasteiger partial charge in [-0.15, -0.1) is 12.4 Å². The van der Waals surface area contributed by atoms with E-state index in [1.54, 1.807) is 0 Å². The van der Waals surface area contributed by atoms with Gasteiger partial charge in [0.05, 0.1) is 6.10 Å². The maximum atomic E-state index is 11.6. The molecule has 1 aliphatic rings. The normalized spacial score (nSPS) is 25.8. The molecule has 1 amide bonds. The third-order valence-electron chi connectivity index (χ3n) is 3.20. The number of nitrogens with two attached hydrogens (primary N) is 1. The lowest BCUT2D eigenvalue weighted by Gasteiger charge is -2.28. The first-order chi connectivity index (χ1) is 7.69. The molecule has 0 heterocycles. The number of carbonyl (C=O) groups is 1. The number of methoxy groups -OCH3 is 1. The molecule has 0 spiro atoms. The molecular formula is C11H23ClN2O3. The van der Waals surface area contributed by atoms with E-state index in [1.165, 1.54) is 7.11 Å². The Hall–Kier alpha value is -0.360. The second-order valence-corrected chi connectivity index (χ2v) is 4.32. The summed E-state index contributed by atoms with van der Waals surface area (Å²) >= 11 is 0. The van der Waals surface area contributed by atoms with Crippen molar-refractivity contribution in [3.05, 3.63) is 0 Å². The lowest BCUT2D eigenvalue weighted by molar-refractivity contribution is -0.130. The van der Waals surface area contributed by atoms with E-state index in [9.17, 15) is 9.90 Å². The Morgan fingerprint density at radius 2 is 2.18 bits per heavy atom. The van der Waals surface area contributed by atoms with E-state index < -0.39 is 6.10 Å². The number of amides is 1. The Morgan fingerprint density at radius 1 is 1.53 bits per heavy atom. The lowest BCUT2D eigenvalue weighted by atomic mass is 9.86. The van der Waals surface area contributed by atoms with Crippen molar-refractivity contribution in [2.45, 2.75) is 37.9 Å². The fraction of sp³-hybridized carbons (Fsp3) is 0.909. The van der Waals surface area contributed by atoms with Crippen LogP contribution in [0.5, 0.6) is 0 Å². The number of rotatable bonds is 5. The zero-order chi connectivity index (χ0) is 12.0. The van der Waals surface area contributed by atoms with Gasteiger partial charge in [0.15, 0.2) is 0 Å². The van der Waals surface area contributed by atoms with Gasteiger partial charge in [-0.05, 0) is 12.8 Å². The van der Waals surface area contributed by atoms with Crippen LogP contribution >= 0.6 is 12.4 Å². The maximum absolute atomic E-state index is 11.6. The van der Waals surface area contributed by atoms with Gasteiger partial charge in [-0.25, -0.2) is 0 Å². The van der Waals surface area contributed by atoms with Gasteiger partial charge < -0.3 is 20.9 Å². The van der Waals surface area contributed by atoms with Crippen LogP contribution < -0.4 is 11.1 Å². The molecule has 17 heavy (non-hydrogen) atoms. The molecular weight excluding hydrogens is 244 g/mol. The largest absolute Gasteiger partial charge is 0.393 e. The van der Waals surface area contributed by atoms with Crippen molar-refractivity contribution in [1.82, 2.24) is 5.32 Å². The molecule has 1 rings (SSSR count). The number of aliphatic hydroxyl groups excluding tert-OH is 1. The first-order valence-corrected chi connectivity index (χ1v) is 5.87. The van der Waals surface area contributed by atoms with Crippen LogP contribution in [0.4, 0.5) is 0 Å². The molecule has 0 aliphatic heterocycles. The summed E-state index contributed by atoms with van der Waals surface area (Å²) in [6.07, 6.45) is 3.15. The molecule has 1 aliphatic carbocycles. The monoisotopic (exact) mass is 266 g/mol. The molecule has 6 heteroatoms. The maximum Gasteiger partial charge on any atom is 0.250 e. The Morgan fingerprint density at radius 3 is 2.71 bits per heavy atom. The van der Waals surface area contributed by atoms with Gasteiger partial charge >= 0.3 is 0 Å². The van der Waals surface area contributed by atoms with E-state index in [-0.39, 0.29) is 36.9 Å². The summed E-state index contributed by atoms with van der Waals surface area (Å²) in [6, 6.07) is 0. The first kappa shape index (κ1) is 16.6. The molecule has 102 valence electrons. The fourth-order valence-corrected chi connectivity index (χ4v) is 2.08. The predicted molar refractivity (Wildman–Crippen MR) is 68.1 cm³/mol. The summed E-state index contributed by atoms with van der Waals surface area (Å²) in [5, 5.41) is 12.5. The molecule has 0 bridgehead atoms. The standard InChI is InChI=1S/C11H22N2O3.ClH/c1-16-10(6-12)11(15)13-7-8-4-2-3-5-9(8)14;/h8-10,14H,2-7,12H2,1H3,(H,13,15);1H. The van der Waals surface area contributed by atoms with Crippen molar-refractivity contribution in [1.29, 1.82) is 0 Å². The van der Waals surface area contributed by atoms with E-state index in [2.05, 4.69) is 5.32 Å². The van der Waals surface area contributed by atoms with E-state index in [0.29, 0.717) is 6.54 Å². The zero-order valence-electron chi connectivity index (χ0n) is 10.2. The highest BCUT2D eigenvalue weighted by atomic mass is 35.5. The topological polar surface area (TPSA) is 84.6 Å². The van der Waals surface area contributed by atoms with Gasteiger partial charge in [0.2, 0.25) is 5.91 Å². The van der Waals surface area contributed by atoms with Crippen molar-refractivity contribution in [2.75, 3.05) is 20.2 Å². The summed E-state index contributed by atoms with van der Waals surface area (Å²) < 4.78 is 4.93. The second-order valence-electron chi connectivity index (χ2n) is 4.32. The number of hydrogen-bond donors (Lipinski definition) is 3. The summed E-state index contributed by atoms with van der Waals surface area (Å²) in [5.41, 5.74) is 5.39. The Labute approximate surface area is 108 Å². The molecule has 5 nitrogen and oxygen atoms in total. The summed E-state index contributed by atoms with van der Waals surface area (Å²) in [5.74, 6) is -0.0178. The van der Waals surface area contributed by atoms with Crippen molar-refractivity contribution in [3.63, 3.8) is 0 Å². The van der Waals surface area contributed by atoms with Crippen LogP contribution in [0.15, 0.2) is 0 Å². The van der Waals surface area contributed by atoms with Gasteiger partial charge in [-0.2, -0.15) is 0 Å². The van der Waals surface area contributed by atoms with Crippen LogP contribution in [0.2, 0.25) is 0 Å². The SMILES string of the molecule is COC(CN)C(=O)NCC1CCCCC1O.Cl. The van der Waals surface area contributed by atoms with Crippen LogP contribution in [0.25, 0.3) is 0 Å². The highest BCUT2D eigenvalue weighted by molar-refractivity contribution is 5.85. The molecule has 1 fully saturated rings. The van der Waals surface area contributed by atoms with Gasteiger partial charge in [-0.1, -0.05) is 12.8 Å². The first-order valence-electron chi connectivity index (χ1n) is 5.87. The molecule has 0 aromatic carbocycles. The van der Waals surface area contributed by atoms with Crippen molar-refractivity contribution in [3.8, 4) is 0 Å². The van der Waals surface area contributed by atoms with E-state index in [4.69, 9.17) is 10.5 Å². The third kappa shape index (κ3) is 5.21. The van der Waals surface area contributed by atoms with Gasteiger partial charge in [0, 0.05) is 26.1 Å². The van der Waals surface area contributed by atoms with Crippen LogP contribution in [-0.4, -0.2) is 43.4 Å². The zero-order valence-corrected chi connectivity index (χ0v) is 11.0. The number of ether oxygens (including phenoxy) is 1. The van der Waals surface area contributed by atoms with Crippen LogP contribution in [0.1, 0.15) is 25.7 Å². The molecule has 4 N–H and O–H groups in total. The molecule has 3 atom stereocenters. The minimum Gasteiger partial charge on any atom is -0.393 e. The predicted octanol–water partition coefficient (Wildman–Crippen LogP) is 0.0492. The summed E-state index contributed by atoms with van der Waals surface area (Å²) in [6.45, 7) is 0.690. The van der Waals surface area contributed by atoms with E-state index in [1.807, 2.05) is 0 Å². The molecule has 0 aromatic heterocycles. The van der Waals surface area contributed by atoms with Crippen LogP contribution in [-0.2, 0) is 9.53 Å². The van der Waals surface area contributed by atoms with Crippen molar-refractivity contribution < 1.29 is 14.6 Å². The fourth-order valence-electron chi connectivity index (χ4n) is 2.08. The molecule has 3 unspecified atom stereocenters. The second kappa shape index (κ2) is 8.69. The number of aliphatic hydroxyl groups is 1. The number of carbonyl (C=O) groups excluding carboxylic acids is 1. The minimum atomic E-state index is -0.583. The summed E-state index contributed by atoms with van der Waals surface area (Å²) in [4.78, 5) is 11.6. The molecule has 0 aromatic rings. The van der Waals surface area contributed by atoms with Gasteiger partial charge in [0.1, 0.15) is 6.10 Å². The molecule has 0 saturated heterocycles. The molecule has 1 saturated carbocycles. The Balaban J connectivity index is 0.00000256. The lowest BCUT2D eigenvalue weighted by Crippen LogP contribution is -2.44. The Kier molecular flexibility index (Phi) is 8.51. The smallest absolute Gasteiger partial charge is 0.250 e. The highest BCUT2D eigenvalue weighted by Gasteiger charge is 2.24. The number of nitrogens with one attached hydrogen (secondary N) is 1. The van der Waals surface area contributed by atoms with Crippen LogP contribution in [0.3, 0.4) is 0 Å². The van der Waals surface area contributed by atoms with Crippen molar-refractivity contribution >= 4 is 18.3 Å². The van der Waals surface area contributed by atoms with E-state index in [0.717, 1.165) is 25.7 Å². The van der Waals surface area contributed by atoms with Crippen LogP contribution in [0, 0.1) is 5.92 Å². The van der Waals surface area contributed by atoms with E-state index >= 15 is 0 Å². The summed E-state index contributed by atoms with van der Waals surface area (Å²) in [7, 11) is 1.46. The Bertz CT molecular complexity index is 225. The van der Waals surface area contributed by atoms with Gasteiger partial charge in [0.25, 0.3) is 0 Å². The average Bonchev–Trinajstić information content (AvgIpc) is 2.29. The minimum absolute atomic E-state index is 0. The molecule has 0 radical (unpaired) electrons. The number of hydrogen-bond acceptors (Lipinski definition) is 4. The highest BCUT2D eigenvalue weighted by Crippen LogP contribution is 2.23.